The Morgan fingerprint density at radius 2 is 2.14 bits per heavy atom. The number of nitrogens with one attached hydrogen (secondary N) is 1. The fraction of sp³-hybridized carbons (Fsp3) is 0.154. The zero-order chi connectivity index (χ0) is 15.7. The molecule has 0 fully saturated rings. The van der Waals surface area contributed by atoms with Crippen LogP contribution in [0.4, 0.5) is 5.69 Å². The summed E-state index contributed by atoms with van der Waals surface area (Å²) in [5, 5.41) is 1.62. The van der Waals surface area contributed by atoms with Crippen LogP contribution < -0.4 is 22.1 Å². The normalized spacial score (nSPS) is 9.52. The molecule has 0 aliphatic heterocycles. The molecular weight excluding hydrogens is 356 g/mol. The number of amides is 1. The number of hydrogen-bond donors (Lipinski definition) is 3. The van der Waals surface area contributed by atoms with Crippen molar-refractivity contribution in [3.8, 4) is 0 Å². The predicted molar refractivity (Wildman–Crippen MR) is 88.4 cm³/mol. The van der Waals surface area contributed by atoms with Crippen LogP contribution in [0.3, 0.4) is 0 Å². The lowest BCUT2D eigenvalue weighted by molar-refractivity contribution is -0.109. The van der Waals surface area contributed by atoms with Gasteiger partial charge in [0.25, 0.3) is 0 Å². The van der Waals surface area contributed by atoms with Crippen molar-refractivity contribution >= 4 is 39.8 Å². The van der Waals surface area contributed by atoms with Crippen molar-refractivity contribution < 1.29 is 9.21 Å². The van der Waals surface area contributed by atoms with Gasteiger partial charge in [-0.15, -0.1) is 11.8 Å². The Morgan fingerprint density at radius 1 is 1.43 bits per heavy atom. The fourth-order valence-electron chi connectivity index (χ4n) is 1.46. The molecule has 2 aromatic rings. The van der Waals surface area contributed by atoms with Gasteiger partial charge in [0.1, 0.15) is 5.76 Å². The van der Waals surface area contributed by atoms with Crippen LogP contribution in [0.5, 0.6) is 0 Å². The van der Waals surface area contributed by atoms with Gasteiger partial charge in [0.2, 0.25) is 6.41 Å². The number of hydrogen-bond acceptors (Lipinski definition) is 6. The van der Waals surface area contributed by atoms with Crippen LogP contribution >= 0.6 is 27.7 Å². The minimum Gasteiger partial charge on any atom is -0.468 e. The lowest BCUT2D eigenvalue weighted by atomic mass is 10.3. The standard InChI is InChI=1S/C12H13BrN2OS.CH4N2O/c1-15(14)11-6-2-5-10(13)12(11)17-8-9-4-3-7-16-9;2-3-1-4/h2-7H,8,14H2,1H3;1H,2H2,(H,3,4). The SMILES string of the molecule is CN(N)c1cccc(Br)c1SCc1ccco1.NNC=O. The van der Waals surface area contributed by atoms with Crippen molar-refractivity contribution in [2.75, 3.05) is 12.1 Å². The van der Waals surface area contributed by atoms with E-state index in [1.807, 2.05) is 37.4 Å². The Balaban J connectivity index is 0.000000491. The largest absolute Gasteiger partial charge is 0.468 e. The zero-order valence-corrected chi connectivity index (χ0v) is 13.9. The molecule has 0 spiro atoms. The van der Waals surface area contributed by atoms with Gasteiger partial charge < -0.3 is 9.43 Å². The average Bonchev–Trinajstić information content (AvgIpc) is 2.99. The summed E-state index contributed by atoms with van der Waals surface area (Å²) in [7, 11) is 1.83. The number of furan rings is 1. The molecule has 1 aromatic carbocycles. The third kappa shape index (κ3) is 5.80. The zero-order valence-electron chi connectivity index (χ0n) is 11.5. The number of halogens is 1. The van der Waals surface area contributed by atoms with E-state index < -0.39 is 0 Å². The van der Waals surface area contributed by atoms with Gasteiger partial charge in [-0.25, -0.2) is 11.7 Å². The van der Waals surface area contributed by atoms with Gasteiger partial charge in [0.05, 0.1) is 17.7 Å². The van der Waals surface area contributed by atoms with Crippen LogP contribution in [0.25, 0.3) is 0 Å². The Kier molecular flexibility index (Phi) is 7.91. The second-order valence-corrected chi connectivity index (χ2v) is 5.69. The smallest absolute Gasteiger partial charge is 0.221 e. The fourth-order valence-corrected chi connectivity index (χ4v) is 3.17. The number of nitrogens with two attached hydrogens (primary N) is 2. The Morgan fingerprint density at radius 3 is 2.67 bits per heavy atom. The summed E-state index contributed by atoms with van der Waals surface area (Å²) in [5.74, 6) is 12.0. The molecule has 0 aliphatic carbocycles. The number of anilines is 1. The molecule has 5 N–H and O–H groups in total. The molecular formula is C13H17BrN4O2S. The first-order chi connectivity index (χ1) is 10.1. The summed E-state index contributed by atoms with van der Waals surface area (Å²) in [4.78, 5) is 10.1. The van der Waals surface area contributed by atoms with Crippen molar-refractivity contribution in [1.82, 2.24) is 5.43 Å². The van der Waals surface area contributed by atoms with Crippen molar-refractivity contribution in [1.29, 1.82) is 0 Å². The Bertz CT molecular complexity index is 549. The summed E-state index contributed by atoms with van der Waals surface area (Å²) >= 11 is 5.24. The van der Waals surface area contributed by atoms with E-state index in [0.29, 0.717) is 6.41 Å². The molecule has 0 unspecified atom stereocenters. The molecule has 0 saturated carbocycles. The van der Waals surface area contributed by atoms with E-state index in [9.17, 15) is 0 Å². The quantitative estimate of drug-likeness (QED) is 0.245. The maximum Gasteiger partial charge on any atom is 0.221 e. The number of benzene rings is 1. The van der Waals surface area contributed by atoms with Gasteiger partial charge in [0, 0.05) is 16.4 Å². The first kappa shape index (κ1) is 17.6. The first-order valence-corrected chi connectivity index (χ1v) is 7.70. The number of rotatable bonds is 5. The number of hydrazine groups is 2. The lowest BCUT2D eigenvalue weighted by Crippen LogP contribution is -2.25. The maximum absolute atomic E-state index is 8.94. The van der Waals surface area contributed by atoms with E-state index >= 15 is 0 Å². The minimum absolute atomic E-state index is 0.403. The van der Waals surface area contributed by atoms with Crippen molar-refractivity contribution in [3.63, 3.8) is 0 Å². The monoisotopic (exact) mass is 372 g/mol. The number of thioether (sulfide) groups is 1. The van der Waals surface area contributed by atoms with Crippen molar-refractivity contribution in [2.24, 2.45) is 11.7 Å². The highest BCUT2D eigenvalue weighted by Gasteiger charge is 2.10. The maximum atomic E-state index is 8.94. The molecule has 6 nitrogen and oxygen atoms in total. The minimum atomic E-state index is 0.403. The van der Waals surface area contributed by atoms with Crippen LogP contribution in [0, 0.1) is 0 Å². The third-order valence-electron chi connectivity index (χ3n) is 2.33. The van der Waals surface area contributed by atoms with E-state index in [4.69, 9.17) is 15.1 Å². The Hall–Kier alpha value is -1.48. The molecule has 0 atom stereocenters. The second-order valence-electron chi connectivity index (χ2n) is 3.85. The summed E-state index contributed by atoms with van der Waals surface area (Å²) in [6, 6.07) is 9.84. The molecule has 0 radical (unpaired) electrons. The summed E-state index contributed by atoms with van der Waals surface area (Å²) < 4.78 is 6.36. The summed E-state index contributed by atoms with van der Waals surface area (Å²) in [6.07, 6.45) is 2.09. The molecule has 0 saturated heterocycles. The molecule has 21 heavy (non-hydrogen) atoms. The molecule has 2 rings (SSSR count). The van der Waals surface area contributed by atoms with E-state index in [2.05, 4.69) is 21.8 Å². The highest BCUT2D eigenvalue weighted by molar-refractivity contribution is 9.10. The van der Waals surface area contributed by atoms with Crippen molar-refractivity contribution in [2.45, 2.75) is 10.6 Å². The molecule has 0 bridgehead atoms. The van der Waals surface area contributed by atoms with Gasteiger partial charge in [-0.1, -0.05) is 6.07 Å². The van der Waals surface area contributed by atoms with Crippen LogP contribution in [0.15, 0.2) is 50.4 Å². The molecule has 1 heterocycles. The first-order valence-electron chi connectivity index (χ1n) is 5.92. The molecule has 0 aliphatic rings. The van der Waals surface area contributed by atoms with Gasteiger partial charge >= 0.3 is 0 Å². The number of carbonyl (C=O) groups excluding carboxylic acids is 1. The topological polar surface area (TPSA) is 97.5 Å². The van der Waals surface area contributed by atoms with Gasteiger partial charge in [-0.2, -0.15) is 0 Å². The Labute approximate surface area is 135 Å². The van der Waals surface area contributed by atoms with Crippen LogP contribution in [0.2, 0.25) is 0 Å². The summed E-state index contributed by atoms with van der Waals surface area (Å²) in [6.45, 7) is 0. The van der Waals surface area contributed by atoms with Crippen LogP contribution in [-0.2, 0) is 10.5 Å². The highest BCUT2D eigenvalue weighted by atomic mass is 79.9. The second kappa shape index (κ2) is 9.46. The van der Waals surface area contributed by atoms with E-state index in [1.165, 1.54) is 0 Å². The lowest BCUT2D eigenvalue weighted by Gasteiger charge is -2.17. The van der Waals surface area contributed by atoms with Crippen LogP contribution in [0.1, 0.15) is 5.76 Å². The molecule has 8 heteroatoms. The molecule has 114 valence electrons. The summed E-state index contributed by atoms with van der Waals surface area (Å²) in [5.41, 5.74) is 2.75. The van der Waals surface area contributed by atoms with E-state index in [0.717, 1.165) is 26.6 Å². The predicted octanol–water partition coefficient (Wildman–Crippen LogP) is 2.25. The average molecular weight is 373 g/mol. The highest BCUT2D eigenvalue weighted by Crippen LogP contribution is 2.37. The number of carbonyl (C=O) groups is 1. The van der Waals surface area contributed by atoms with Gasteiger partial charge in [-0.3, -0.25) is 10.2 Å². The van der Waals surface area contributed by atoms with Crippen LogP contribution in [-0.4, -0.2) is 13.5 Å². The van der Waals surface area contributed by atoms with E-state index in [-0.39, 0.29) is 0 Å². The van der Waals surface area contributed by atoms with Gasteiger partial charge in [-0.05, 0) is 40.2 Å². The van der Waals surface area contributed by atoms with Gasteiger partial charge in [0.15, 0.2) is 0 Å². The van der Waals surface area contributed by atoms with E-state index in [1.54, 1.807) is 28.5 Å². The number of nitrogens with zero attached hydrogens (tertiary/aromatic N) is 1. The van der Waals surface area contributed by atoms with Crippen molar-refractivity contribution in [3.05, 3.63) is 46.8 Å². The molecule has 1 aromatic heterocycles. The third-order valence-corrected chi connectivity index (χ3v) is 4.40. The molecule has 1 amide bonds.